The molecular weight excluding hydrogens is 194 g/mol. The number of carbonyl (C=O) groups is 1. The average Bonchev–Trinajstić information content (AvgIpc) is 2.14. The first-order valence-electron chi connectivity index (χ1n) is 5.46. The van der Waals surface area contributed by atoms with Crippen molar-refractivity contribution >= 4 is 5.97 Å². The summed E-state index contributed by atoms with van der Waals surface area (Å²) in [5.41, 5.74) is -0.984. The molecular formula is C11H23NO3. The van der Waals surface area contributed by atoms with Crippen molar-refractivity contribution in [2.45, 2.75) is 51.6 Å². The number of carboxylic acids is 1. The van der Waals surface area contributed by atoms with Gasteiger partial charge in [-0.1, -0.05) is 19.8 Å². The molecule has 0 radical (unpaired) electrons. The van der Waals surface area contributed by atoms with Crippen LogP contribution in [0, 0.1) is 0 Å². The van der Waals surface area contributed by atoms with Crippen molar-refractivity contribution in [3.8, 4) is 0 Å². The molecule has 0 saturated carbocycles. The number of rotatable bonds is 8. The molecule has 15 heavy (non-hydrogen) atoms. The molecule has 0 aliphatic heterocycles. The molecule has 0 aliphatic carbocycles. The van der Waals surface area contributed by atoms with Gasteiger partial charge in [-0.05, 0) is 20.3 Å². The van der Waals surface area contributed by atoms with Crippen LogP contribution in [0.25, 0.3) is 0 Å². The second-order valence-electron chi connectivity index (χ2n) is 4.26. The van der Waals surface area contributed by atoms with Crippen molar-refractivity contribution in [1.82, 2.24) is 5.32 Å². The SMILES string of the molecule is CCCCC(C)NC(C)(COC)C(=O)O. The van der Waals surface area contributed by atoms with Gasteiger partial charge in [0.05, 0.1) is 6.61 Å². The number of ether oxygens (including phenoxy) is 1. The molecule has 0 bridgehead atoms. The van der Waals surface area contributed by atoms with Gasteiger partial charge < -0.3 is 9.84 Å². The van der Waals surface area contributed by atoms with Gasteiger partial charge in [0, 0.05) is 13.2 Å². The van der Waals surface area contributed by atoms with Crippen LogP contribution in [0.3, 0.4) is 0 Å². The maximum absolute atomic E-state index is 11.1. The van der Waals surface area contributed by atoms with Gasteiger partial charge in [0.2, 0.25) is 0 Å². The number of carboxylic acid groups (broad SMARTS) is 1. The summed E-state index contributed by atoms with van der Waals surface area (Å²) >= 11 is 0. The maximum atomic E-state index is 11.1. The Morgan fingerprint density at radius 2 is 2.20 bits per heavy atom. The highest BCUT2D eigenvalue weighted by Gasteiger charge is 2.33. The number of aliphatic carboxylic acids is 1. The Bertz CT molecular complexity index is 196. The van der Waals surface area contributed by atoms with E-state index in [9.17, 15) is 4.79 Å². The van der Waals surface area contributed by atoms with Crippen LogP contribution in [0.4, 0.5) is 0 Å². The van der Waals surface area contributed by atoms with Crippen molar-refractivity contribution in [1.29, 1.82) is 0 Å². The van der Waals surface area contributed by atoms with E-state index < -0.39 is 11.5 Å². The van der Waals surface area contributed by atoms with Crippen LogP contribution in [-0.2, 0) is 9.53 Å². The Kier molecular flexibility index (Phi) is 6.52. The molecule has 0 aromatic rings. The first kappa shape index (κ1) is 14.4. The van der Waals surface area contributed by atoms with Crippen LogP contribution in [0.2, 0.25) is 0 Å². The number of methoxy groups -OCH3 is 1. The van der Waals surface area contributed by atoms with Gasteiger partial charge in [-0.3, -0.25) is 10.1 Å². The van der Waals surface area contributed by atoms with E-state index in [1.165, 1.54) is 7.11 Å². The van der Waals surface area contributed by atoms with Crippen molar-refractivity contribution in [2.75, 3.05) is 13.7 Å². The fourth-order valence-electron chi connectivity index (χ4n) is 1.58. The minimum absolute atomic E-state index is 0.179. The maximum Gasteiger partial charge on any atom is 0.326 e. The Balaban J connectivity index is 4.21. The Morgan fingerprint density at radius 3 is 2.60 bits per heavy atom. The van der Waals surface area contributed by atoms with Crippen molar-refractivity contribution in [3.63, 3.8) is 0 Å². The highest BCUT2D eigenvalue weighted by molar-refractivity contribution is 5.78. The zero-order chi connectivity index (χ0) is 11.9. The molecule has 0 saturated heterocycles. The summed E-state index contributed by atoms with van der Waals surface area (Å²) in [5.74, 6) is -0.868. The lowest BCUT2D eigenvalue weighted by atomic mass is 10.0. The summed E-state index contributed by atoms with van der Waals surface area (Å²) in [6, 6.07) is 0.196. The summed E-state index contributed by atoms with van der Waals surface area (Å²) in [7, 11) is 1.51. The van der Waals surface area contributed by atoms with Crippen LogP contribution in [0.5, 0.6) is 0 Å². The van der Waals surface area contributed by atoms with Gasteiger partial charge in [-0.25, -0.2) is 0 Å². The Hall–Kier alpha value is -0.610. The fraction of sp³-hybridized carbons (Fsp3) is 0.909. The zero-order valence-electron chi connectivity index (χ0n) is 10.2. The lowest BCUT2D eigenvalue weighted by Gasteiger charge is -2.29. The van der Waals surface area contributed by atoms with Crippen molar-refractivity contribution < 1.29 is 14.6 Å². The molecule has 2 atom stereocenters. The summed E-state index contributed by atoms with van der Waals surface area (Å²) < 4.78 is 4.93. The van der Waals surface area contributed by atoms with Gasteiger partial charge in [0.15, 0.2) is 0 Å². The first-order chi connectivity index (χ1) is 6.96. The average molecular weight is 217 g/mol. The molecule has 0 spiro atoms. The van der Waals surface area contributed by atoms with Gasteiger partial charge in [-0.2, -0.15) is 0 Å². The minimum atomic E-state index is -0.984. The summed E-state index contributed by atoms with van der Waals surface area (Å²) in [6.07, 6.45) is 3.22. The molecule has 2 N–H and O–H groups in total. The number of hydrogen-bond donors (Lipinski definition) is 2. The summed E-state index contributed by atoms with van der Waals surface area (Å²) in [6.45, 7) is 5.96. The Labute approximate surface area is 92.0 Å². The molecule has 0 aromatic carbocycles. The van der Waals surface area contributed by atoms with E-state index in [4.69, 9.17) is 9.84 Å². The molecule has 90 valence electrons. The largest absolute Gasteiger partial charge is 0.480 e. The van der Waals surface area contributed by atoms with Gasteiger partial charge in [0.25, 0.3) is 0 Å². The lowest BCUT2D eigenvalue weighted by Crippen LogP contribution is -2.56. The summed E-state index contributed by atoms with van der Waals surface area (Å²) in [4.78, 5) is 11.1. The van der Waals surface area contributed by atoms with E-state index in [1.807, 2.05) is 6.92 Å². The van der Waals surface area contributed by atoms with Crippen LogP contribution in [-0.4, -0.2) is 36.4 Å². The number of hydrogen-bond acceptors (Lipinski definition) is 3. The lowest BCUT2D eigenvalue weighted by molar-refractivity contribution is -0.146. The molecule has 0 aromatic heterocycles. The molecule has 4 nitrogen and oxygen atoms in total. The van der Waals surface area contributed by atoms with Crippen LogP contribution >= 0.6 is 0 Å². The fourth-order valence-corrected chi connectivity index (χ4v) is 1.58. The number of unbranched alkanes of at least 4 members (excludes halogenated alkanes) is 1. The van der Waals surface area contributed by atoms with Crippen molar-refractivity contribution in [2.24, 2.45) is 0 Å². The molecule has 0 aliphatic rings. The monoisotopic (exact) mass is 217 g/mol. The quantitative estimate of drug-likeness (QED) is 0.649. The second-order valence-corrected chi connectivity index (χ2v) is 4.26. The molecule has 0 heterocycles. The normalized spacial score (nSPS) is 17.1. The third-order valence-electron chi connectivity index (χ3n) is 2.46. The third kappa shape index (κ3) is 5.14. The highest BCUT2D eigenvalue weighted by atomic mass is 16.5. The van der Waals surface area contributed by atoms with E-state index in [-0.39, 0.29) is 12.6 Å². The van der Waals surface area contributed by atoms with Crippen LogP contribution in [0.15, 0.2) is 0 Å². The third-order valence-corrected chi connectivity index (χ3v) is 2.46. The van der Waals surface area contributed by atoms with Crippen LogP contribution < -0.4 is 5.32 Å². The van der Waals surface area contributed by atoms with Gasteiger partial charge >= 0.3 is 5.97 Å². The van der Waals surface area contributed by atoms with Crippen molar-refractivity contribution in [3.05, 3.63) is 0 Å². The van der Waals surface area contributed by atoms with E-state index in [2.05, 4.69) is 12.2 Å². The van der Waals surface area contributed by atoms with E-state index >= 15 is 0 Å². The molecule has 2 unspecified atom stereocenters. The number of nitrogens with one attached hydrogen (secondary N) is 1. The van der Waals surface area contributed by atoms with E-state index in [1.54, 1.807) is 6.92 Å². The van der Waals surface area contributed by atoms with Crippen LogP contribution in [0.1, 0.15) is 40.0 Å². The molecule has 0 amide bonds. The second kappa shape index (κ2) is 6.80. The molecule has 0 fully saturated rings. The zero-order valence-corrected chi connectivity index (χ0v) is 10.2. The molecule has 0 rings (SSSR count). The topological polar surface area (TPSA) is 58.6 Å². The summed E-state index contributed by atoms with van der Waals surface area (Å²) in [5, 5.41) is 12.2. The predicted octanol–water partition coefficient (Wildman–Crippen LogP) is 1.64. The predicted molar refractivity (Wildman–Crippen MR) is 60.0 cm³/mol. The van der Waals surface area contributed by atoms with Gasteiger partial charge in [0.1, 0.15) is 5.54 Å². The molecule has 4 heteroatoms. The van der Waals surface area contributed by atoms with E-state index in [0.717, 1.165) is 19.3 Å². The highest BCUT2D eigenvalue weighted by Crippen LogP contribution is 2.09. The Morgan fingerprint density at radius 1 is 1.60 bits per heavy atom. The van der Waals surface area contributed by atoms with Gasteiger partial charge in [-0.15, -0.1) is 0 Å². The minimum Gasteiger partial charge on any atom is -0.480 e. The standard InChI is InChI=1S/C11H23NO3/c1-5-6-7-9(2)12-11(3,8-15-4)10(13)14/h9,12H,5-8H2,1-4H3,(H,13,14). The smallest absolute Gasteiger partial charge is 0.326 e. The van der Waals surface area contributed by atoms with E-state index in [0.29, 0.717) is 0 Å². The first-order valence-corrected chi connectivity index (χ1v) is 5.46.